The van der Waals surface area contributed by atoms with E-state index in [1.807, 2.05) is 0 Å². The van der Waals surface area contributed by atoms with E-state index >= 15 is 0 Å². The maximum Gasteiger partial charge on any atom is 0.356 e. The molecule has 0 aliphatic carbocycles. The molecular weight excluding hydrogens is 320 g/mol. The molecule has 0 amide bonds. The highest BCUT2D eigenvalue weighted by Gasteiger charge is 2.11. The van der Waals surface area contributed by atoms with E-state index in [0.29, 0.717) is 11.3 Å². The van der Waals surface area contributed by atoms with E-state index in [1.54, 1.807) is 6.07 Å². The number of halogens is 2. The van der Waals surface area contributed by atoms with Crippen LogP contribution in [0.5, 0.6) is 0 Å². The Hall–Kier alpha value is -3.29. The molecule has 0 radical (unpaired) electrons. The van der Waals surface area contributed by atoms with Crippen molar-refractivity contribution < 1.29 is 22.7 Å². The van der Waals surface area contributed by atoms with Gasteiger partial charge in [0.2, 0.25) is 0 Å². The lowest BCUT2D eigenvalue weighted by Crippen LogP contribution is -2.04. The van der Waals surface area contributed by atoms with Crippen LogP contribution in [0.3, 0.4) is 0 Å². The van der Waals surface area contributed by atoms with E-state index in [1.165, 1.54) is 31.6 Å². The molecule has 0 aliphatic heterocycles. The fraction of sp³-hybridized carbons (Fsp3) is 0.0625. The zero-order valence-corrected chi connectivity index (χ0v) is 12.4. The number of carbonyl (C=O) groups excluding carboxylic acids is 1. The second-order valence-electron chi connectivity index (χ2n) is 4.71. The molecule has 1 aromatic carbocycles. The molecule has 3 rings (SSSR count). The molecule has 24 heavy (non-hydrogen) atoms. The SMILES string of the molecule is COC(=O)c1ccc(Nc2ncc(-c3ccc(F)c(F)c3)o2)cn1. The van der Waals surface area contributed by atoms with Crippen LogP contribution in [0.1, 0.15) is 10.5 Å². The Morgan fingerprint density at radius 2 is 1.96 bits per heavy atom. The van der Waals surface area contributed by atoms with Gasteiger partial charge in [0.05, 0.1) is 25.2 Å². The van der Waals surface area contributed by atoms with Gasteiger partial charge >= 0.3 is 5.97 Å². The summed E-state index contributed by atoms with van der Waals surface area (Å²) in [5, 5.41) is 2.84. The molecule has 8 heteroatoms. The summed E-state index contributed by atoms with van der Waals surface area (Å²) in [6, 6.07) is 6.63. The molecule has 0 fully saturated rings. The predicted octanol–water partition coefficient (Wildman–Crippen LogP) is 3.55. The molecule has 0 bridgehead atoms. The van der Waals surface area contributed by atoms with Crippen LogP contribution < -0.4 is 5.32 Å². The zero-order chi connectivity index (χ0) is 17.1. The van der Waals surface area contributed by atoms with Gasteiger partial charge < -0.3 is 14.5 Å². The highest BCUT2D eigenvalue weighted by Crippen LogP contribution is 2.25. The Kier molecular flexibility index (Phi) is 4.19. The molecule has 2 aromatic heterocycles. The van der Waals surface area contributed by atoms with Crippen LogP contribution in [0.15, 0.2) is 47.1 Å². The first-order chi connectivity index (χ1) is 11.6. The Bertz CT molecular complexity index is 879. The molecule has 0 saturated heterocycles. The van der Waals surface area contributed by atoms with Gasteiger partial charge in [-0.05, 0) is 30.3 Å². The number of rotatable bonds is 4. The maximum absolute atomic E-state index is 13.3. The van der Waals surface area contributed by atoms with Gasteiger partial charge in [-0.2, -0.15) is 0 Å². The van der Waals surface area contributed by atoms with Crippen LogP contribution in [-0.4, -0.2) is 23.0 Å². The number of hydrogen-bond donors (Lipinski definition) is 1. The van der Waals surface area contributed by atoms with Crippen LogP contribution in [-0.2, 0) is 4.74 Å². The van der Waals surface area contributed by atoms with E-state index in [4.69, 9.17) is 4.42 Å². The number of nitrogens with zero attached hydrogens (tertiary/aromatic N) is 2. The summed E-state index contributed by atoms with van der Waals surface area (Å²) in [5.41, 5.74) is 1.05. The van der Waals surface area contributed by atoms with Crippen molar-refractivity contribution in [2.75, 3.05) is 12.4 Å². The summed E-state index contributed by atoms with van der Waals surface area (Å²) in [5.74, 6) is -2.18. The molecule has 0 aliphatic rings. The first-order valence-electron chi connectivity index (χ1n) is 6.79. The lowest BCUT2D eigenvalue weighted by atomic mass is 10.2. The summed E-state index contributed by atoms with van der Waals surface area (Å²) in [7, 11) is 1.27. The summed E-state index contributed by atoms with van der Waals surface area (Å²) in [6.45, 7) is 0. The van der Waals surface area contributed by atoms with Crippen molar-refractivity contribution in [3.63, 3.8) is 0 Å². The highest BCUT2D eigenvalue weighted by atomic mass is 19.2. The first-order valence-corrected chi connectivity index (χ1v) is 6.79. The third-order valence-corrected chi connectivity index (χ3v) is 3.12. The topological polar surface area (TPSA) is 77.2 Å². The van der Waals surface area contributed by atoms with Gasteiger partial charge in [0.1, 0.15) is 5.69 Å². The van der Waals surface area contributed by atoms with Gasteiger partial charge in [-0.15, -0.1) is 0 Å². The standard InChI is InChI=1S/C16H11F2N3O3/c1-23-15(22)13-5-3-10(7-19-13)21-16-20-8-14(24-16)9-2-4-11(17)12(18)6-9/h2-8H,1H3,(H,20,21). The van der Waals surface area contributed by atoms with E-state index in [-0.39, 0.29) is 17.5 Å². The minimum atomic E-state index is -0.971. The van der Waals surface area contributed by atoms with Crippen LogP contribution in [0, 0.1) is 11.6 Å². The van der Waals surface area contributed by atoms with Gasteiger partial charge in [-0.1, -0.05) is 0 Å². The van der Waals surface area contributed by atoms with E-state index in [2.05, 4.69) is 20.0 Å². The molecule has 2 heterocycles. The molecule has 122 valence electrons. The van der Waals surface area contributed by atoms with Crippen LogP contribution in [0.25, 0.3) is 11.3 Å². The Balaban J connectivity index is 1.76. The summed E-state index contributed by atoms with van der Waals surface area (Å²) >= 11 is 0. The fourth-order valence-electron chi connectivity index (χ4n) is 1.93. The fourth-order valence-corrected chi connectivity index (χ4v) is 1.93. The molecular formula is C16H11F2N3O3. The lowest BCUT2D eigenvalue weighted by molar-refractivity contribution is 0.0594. The van der Waals surface area contributed by atoms with E-state index < -0.39 is 17.6 Å². The van der Waals surface area contributed by atoms with Crippen molar-refractivity contribution in [2.45, 2.75) is 0 Å². The quantitative estimate of drug-likeness (QED) is 0.737. The minimum absolute atomic E-state index is 0.141. The normalized spacial score (nSPS) is 10.5. The number of ether oxygens (including phenoxy) is 1. The van der Waals surface area contributed by atoms with Crippen molar-refractivity contribution in [2.24, 2.45) is 0 Å². The zero-order valence-electron chi connectivity index (χ0n) is 12.4. The molecule has 0 atom stereocenters. The number of carbonyl (C=O) groups is 1. The van der Waals surface area contributed by atoms with Crippen molar-refractivity contribution in [1.82, 2.24) is 9.97 Å². The smallest absolute Gasteiger partial charge is 0.356 e. The van der Waals surface area contributed by atoms with Gasteiger partial charge in [0.25, 0.3) is 6.01 Å². The second kappa shape index (κ2) is 6.45. The van der Waals surface area contributed by atoms with Gasteiger partial charge in [0, 0.05) is 5.56 Å². The Morgan fingerprint density at radius 3 is 2.62 bits per heavy atom. The van der Waals surface area contributed by atoms with Gasteiger partial charge in [-0.25, -0.2) is 23.5 Å². The van der Waals surface area contributed by atoms with E-state index in [0.717, 1.165) is 12.1 Å². The van der Waals surface area contributed by atoms with Crippen LogP contribution in [0.2, 0.25) is 0 Å². The number of hydrogen-bond acceptors (Lipinski definition) is 6. The van der Waals surface area contributed by atoms with Crippen molar-refractivity contribution in [3.05, 3.63) is 60.1 Å². The summed E-state index contributed by atoms with van der Waals surface area (Å²) in [6.07, 6.45) is 2.79. The van der Waals surface area contributed by atoms with Crippen LogP contribution in [0.4, 0.5) is 20.5 Å². The molecule has 0 saturated carbocycles. The van der Waals surface area contributed by atoms with Gasteiger partial charge in [0.15, 0.2) is 17.4 Å². The van der Waals surface area contributed by atoms with Crippen LogP contribution >= 0.6 is 0 Å². The highest BCUT2D eigenvalue weighted by molar-refractivity contribution is 5.87. The Labute approximate surface area is 135 Å². The second-order valence-corrected chi connectivity index (χ2v) is 4.71. The first kappa shape index (κ1) is 15.6. The summed E-state index contributed by atoms with van der Waals surface area (Å²) < 4.78 is 36.2. The third-order valence-electron chi connectivity index (χ3n) is 3.12. The number of benzene rings is 1. The number of anilines is 2. The largest absolute Gasteiger partial charge is 0.464 e. The van der Waals surface area contributed by atoms with Crippen molar-refractivity contribution in [3.8, 4) is 11.3 Å². The van der Waals surface area contributed by atoms with Crippen molar-refractivity contribution in [1.29, 1.82) is 0 Å². The third kappa shape index (κ3) is 3.22. The number of pyridine rings is 1. The molecule has 0 spiro atoms. The average molecular weight is 331 g/mol. The van der Waals surface area contributed by atoms with E-state index in [9.17, 15) is 13.6 Å². The van der Waals surface area contributed by atoms with Crippen molar-refractivity contribution >= 4 is 17.7 Å². The molecule has 0 unspecified atom stereocenters. The molecule has 3 aromatic rings. The van der Waals surface area contributed by atoms with Gasteiger partial charge in [-0.3, -0.25) is 0 Å². The number of oxazole rings is 1. The molecule has 1 N–H and O–H groups in total. The molecule has 6 nitrogen and oxygen atoms in total. The number of esters is 1. The number of aromatic nitrogens is 2. The predicted molar refractivity (Wildman–Crippen MR) is 80.7 cm³/mol. The Morgan fingerprint density at radius 1 is 1.12 bits per heavy atom. The lowest BCUT2D eigenvalue weighted by Gasteiger charge is -2.02. The maximum atomic E-state index is 13.3. The average Bonchev–Trinajstić information content (AvgIpc) is 3.06. The minimum Gasteiger partial charge on any atom is -0.464 e. The number of nitrogens with one attached hydrogen (secondary N) is 1. The number of methoxy groups -OCH3 is 1. The monoisotopic (exact) mass is 331 g/mol. The summed E-state index contributed by atoms with van der Waals surface area (Å²) in [4.78, 5) is 19.2.